The van der Waals surface area contributed by atoms with E-state index in [1.54, 1.807) is 25.3 Å². The lowest BCUT2D eigenvalue weighted by Crippen LogP contribution is -2.11. The molecule has 0 unspecified atom stereocenters. The Morgan fingerprint density at radius 1 is 0.971 bits per heavy atom. The number of amides is 1. The number of methoxy groups -OCH3 is 1. The van der Waals surface area contributed by atoms with Gasteiger partial charge in [0.2, 0.25) is 5.91 Å². The van der Waals surface area contributed by atoms with Gasteiger partial charge in [-0.1, -0.05) is 30.3 Å². The Kier molecular flexibility index (Phi) is 5.47. The standard InChI is InChI=1S/C28H20F3N2O2/c1-35-21-11-8-18(9-12-21)19-10-13-22-25(15-19)33(24-7-3-6-23(26(22)24)27(32)34)16-17-4-2-5-20(14-17)28(29,30)31/h2-12,14-15H,16H2,1H3,(H2,32,34). The molecule has 175 valence electrons. The van der Waals surface area contributed by atoms with Crippen LogP contribution >= 0.6 is 0 Å². The summed E-state index contributed by atoms with van der Waals surface area (Å²) in [7, 11) is 1.59. The van der Waals surface area contributed by atoms with E-state index in [1.807, 2.05) is 47.0 Å². The van der Waals surface area contributed by atoms with Crippen molar-refractivity contribution in [1.29, 1.82) is 0 Å². The Labute approximate surface area is 199 Å². The summed E-state index contributed by atoms with van der Waals surface area (Å²) in [5.74, 6) is 0.143. The zero-order valence-corrected chi connectivity index (χ0v) is 18.7. The van der Waals surface area contributed by atoms with Gasteiger partial charge >= 0.3 is 6.18 Å². The van der Waals surface area contributed by atoms with Gasteiger partial charge in [-0.2, -0.15) is 13.2 Å². The Balaban J connectivity index is 1.73. The normalized spacial score (nSPS) is 11.8. The molecular formula is C28H20F3N2O2. The highest BCUT2D eigenvalue weighted by Gasteiger charge is 2.30. The second kappa shape index (κ2) is 8.51. The summed E-state index contributed by atoms with van der Waals surface area (Å²) in [6.45, 7) is 0.173. The first kappa shape index (κ1) is 22.5. The van der Waals surface area contributed by atoms with Crippen molar-refractivity contribution >= 4 is 27.7 Å². The van der Waals surface area contributed by atoms with Gasteiger partial charge in [-0.3, -0.25) is 4.79 Å². The highest BCUT2D eigenvalue weighted by Crippen LogP contribution is 2.36. The fourth-order valence-corrected chi connectivity index (χ4v) is 4.41. The van der Waals surface area contributed by atoms with Gasteiger partial charge < -0.3 is 15.0 Å². The molecule has 0 spiro atoms. The molecule has 5 aromatic rings. The van der Waals surface area contributed by atoms with Crippen molar-refractivity contribution in [2.24, 2.45) is 5.73 Å². The van der Waals surface area contributed by atoms with Crippen molar-refractivity contribution in [2.45, 2.75) is 12.7 Å². The Morgan fingerprint density at radius 3 is 2.40 bits per heavy atom. The van der Waals surface area contributed by atoms with Crippen LogP contribution in [0.5, 0.6) is 5.75 Å². The van der Waals surface area contributed by atoms with E-state index in [4.69, 9.17) is 10.5 Å². The average molecular weight is 473 g/mol. The minimum Gasteiger partial charge on any atom is -0.497 e. The molecule has 0 aliphatic heterocycles. The van der Waals surface area contributed by atoms with E-state index < -0.39 is 17.6 Å². The predicted octanol–water partition coefficient (Wildman–Crippen LogP) is 6.44. The number of halogens is 3. The molecule has 0 atom stereocenters. The molecule has 0 saturated heterocycles. The number of hydrogen-bond donors (Lipinski definition) is 1. The first-order valence-electron chi connectivity index (χ1n) is 10.8. The van der Waals surface area contributed by atoms with E-state index in [0.29, 0.717) is 27.4 Å². The molecule has 35 heavy (non-hydrogen) atoms. The number of carbonyl (C=O) groups excluding carboxylic acids is 1. The van der Waals surface area contributed by atoms with Gasteiger partial charge in [-0.15, -0.1) is 0 Å². The van der Waals surface area contributed by atoms with Crippen molar-refractivity contribution in [3.05, 3.63) is 102 Å². The zero-order valence-electron chi connectivity index (χ0n) is 18.7. The van der Waals surface area contributed by atoms with Crippen molar-refractivity contribution < 1.29 is 22.7 Å². The van der Waals surface area contributed by atoms with Crippen LogP contribution in [0, 0.1) is 6.07 Å². The van der Waals surface area contributed by atoms with E-state index in [0.717, 1.165) is 34.5 Å². The fraction of sp³-hybridized carbons (Fsp3) is 0.107. The van der Waals surface area contributed by atoms with Gasteiger partial charge in [0, 0.05) is 22.9 Å². The highest BCUT2D eigenvalue weighted by molar-refractivity contribution is 6.18. The number of alkyl halides is 3. The first-order valence-corrected chi connectivity index (χ1v) is 10.8. The molecule has 7 heteroatoms. The van der Waals surface area contributed by atoms with E-state index in [-0.39, 0.29) is 6.54 Å². The molecule has 0 fully saturated rings. The van der Waals surface area contributed by atoms with Crippen LogP contribution in [0.1, 0.15) is 21.5 Å². The quantitative estimate of drug-likeness (QED) is 0.320. The molecule has 1 aromatic heterocycles. The molecule has 0 saturated carbocycles. The van der Waals surface area contributed by atoms with Gasteiger partial charge in [0.15, 0.2) is 0 Å². The SMILES string of the molecule is COc1ccc(-c2c[c]c3c4c(C(N)=O)cccc4n(Cc4cccc(C(F)(F)F)c4)c3c2)cc1. The van der Waals surface area contributed by atoms with Gasteiger partial charge in [-0.25, -0.2) is 0 Å². The van der Waals surface area contributed by atoms with Crippen LogP contribution in [-0.4, -0.2) is 17.6 Å². The maximum atomic E-state index is 13.3. The molecule has 0 bridgehead atoms. The number of nitrogens with zero attached hydrogens (tertiary/aromatic N) is 1. The summed E-state index contributed by atoms with van der Waals surface area (Å²) >= 11 is 0. The highest BCUT2D eigenvalue weighted by atomic mass is 19.4. The number of benzene rings is 4. The summed E-state index contributed by atoms with van der Waals surface area (Å²) in [6.07, 6.45) is -4.44. The van der Waals surface area contributed by atoms with Crippen LogP contribution < -0.4 is 10.5 Å². The smallest absolute Gasteiger partial charge is 0.416 e. The lowest BCUT2D eigenvalue weighted by Gasteiger charge is -2.12. The summed E-state index contributed by atoms with van der Waals surface area (Å²) in [5.41, 5.74) is 8.98. The number of fused-ring (bicyclic) bond motifs is 3. The number of rotatable bonds is 5. The van der Waals surface area contributed by atoms with Gasteiger partial charge in [-0.05, 0) is 71.3 Å². The number of carbonyl (C=O) groups is 1. The number of nitrogens with two attached hydrogens (primary N) is 1. The lowest BCUT2D eigenvalue weighted by molar-refractivity contribution is -0.137. The second-order valence-electron chi connectivity index (χ2n) is 8.23. The zero-order chi connectivity index (χ0) is 24.7. The summed E-state index contributed by atoms with van der Waals surface area (Å²) in [5, 5.41) is 1.31. The summed E-state index contributed by atoms with van der Waals surface area (Å²) < 4.78 is 47.1. The minimum absolute atomic E-state index is 0.173. The van der Waals surface area contributed by atoms with Crippen LogP contribution in [0.3, 0.4) is 0 Å². The molecular weight excluding hydrogens is 453 g/mol. The van der Waals surface area contributed by atoms with Gasteiger partial charge in [0.1, 0.15) is 5.75 Å². The third-order valence-electron chi connectivity index (χ3n) is 6.08. The third-order valence-corrected chi connectivity index (χ3v) is 6.08. The maximum absolute atomic E-state index is 13.3. The molecule has 2 N–H and O–H groups in total. The van der Waals surface area contributed by atoms with Crippen molar-refractivity contribution in [1.82, 2.24) is 4.57 Å². The number of primary amides is 1. The predicted molar refractivity (Wildman–Crippen MR) is 129 cm³/mol. The number of ether oxygens (including phenoxy) is 1. The molecule has 4 aromatic carbocycles. The van der Waals surface area contributed by atoms with Gasteiger partial charge in [0.25, 0.3) is 0 Å². The lowest BCUT2D eigenvalue weighted by atomic mass is 10.0. The van der Waals surface area contributed by atoms with E-state index in [1.165, 1.54) is 6.07 Å². The first-order chi connectivity index (χ1) is 16.8. The largest absolute Gasteiger partial charge is 0.497 e. The van der Waals surface area contributed by atoms with Crippen LogP contribution in [0.4, 0.5) is 13.2 Å². The maximum Gasteiger partial charge on any atom is 0.416 e. The van der Waals surface area contributed by atoms with Crippen LogP contribution in [0.25, 0.3) is 32.9 Å². The summed E-state index contributed by atoms with van der Waals surface area (Å²) in [4.78, 5) is 12.2. The average Bonchev–Trinajstić information content (AvgIpc) is 3.16. The van der Waals surface area contributed by atoms with E-state index in [9.17, 15) is 18.0 Å². The van der Waals surface area contributed by atoms with Crippen molar-refractivity contribution in [2.75, 3.05) is 7.11 Å². The molecule has 0 aliphatic rings. The monoisotopic (exact) mass is 473 g/mol. The number of hydrogen-bond acceptors (Lipinski definition) is 2. The number of aromatic nitrogens is 1. The molecule has 1 heterocycles. The van der Waals surface area contributed by atoms with Crippen LogP contribution in [0.15, 0.2) is 78.9 Å². The Hall–Kier alpha value is -4.26. The molecule has 0 aliphatic carbocycles. The Morgan fingerprint density at radius 2 is 1.71 bits per heavy atom. The van der Waals surface area contributed by atoms with Crippen LogP contribution in [-0.2, 0) is 12.7 Å². The fourth-order valence-electron chi connectivity index (χ4n) is 4.41. The molecule has 4 nitrogen and oxygen atoms in total. The molecule has 1 amide bonds. The Bertz CT molecular complexity index is 1570. The molecule has 1 radical (unpaired) electrons. The van der Waals surface area contributed by atoms with Crippen LogP contribution in [0.2, 0.25) is 0 Å². The topological polar surface area (TPSA) is 57.2 Å². The van der Waals surface area contributed by atoms with Crippen molar-refractivity contribution in [3.63, 3.8) is 0 Å². The second-order valence-corrected chi connectivity index (χ2v) is 8.23. The van der Waals surface area contributed by atoms with Gasteiger partial charge in [0.05, 0.1) is 23.7 Å². The van der Waals surface area contributed by atoms with Crippen molar-refractivity contribution in [3.8, 4) is 16.9 Å². The third kappa shape index (κ3) is 4.10. The molecule has 5 rings (SSSR count). The minimum atomic E-state index is -4.44. The van der Waals surface area contributed by atoms with E-state index >= 15 is 0 Å². The summed E-state index contributed by atoms with van der Waals surface area (Å²) in [6, 6.07) is 25.0. The van der Waals surface area contributed by atoms with E-state index in [2.05, 4.69) is 6.07 Å².